The highest BCUT2D eigenvalue weighted by Crippen LogP contribution is 2.34. The molecular formula is C21H26FN3O2S. The van der Waals surface area contributed by atoms with Gasteiger partial charge >= 0.3 is 0 Å². The second-order valence-corrected chi connectivity index (χ2v) is 8.41. The zero-order chi connectivity index (χ0) is 19.5. The monoisotopic (exact) mass is 403 g/mol. The summed E-state index contributed by atoms with van der Waals surface area (Å²) < 4.78 is 19.2. The van der Waals surface area contributed by atoms with Crippen molar-refractivity contribution in [3.8, 4) is 0 Å². The van der Waals surface area contributed by atoms with E-state index in [2.05, 4.69) is 9.88 Å². The van der Waals surface area contributed by atoms with Crippen LogP contribution in [0.1, 0.15) is 52.7 Å². The minimum atomic E-state index is -0.252. The lowest BCUT2D eigenvalue weighted by Gasteiger charge is -2.30. The van der Waals surface area contributed by atoms with Crippen LogP contribution in [0.3, 0.4) is 0 Å². The summed E-state index contributed by atoms with van der Waals surface area (Å²) in [4.78, 5) is 23.0. The quantitative estimate of drug-likeness (QED) is 0.771. The van der Waals surface area contributed by atoms with Gasteiger partial charge in [-0.3, -0.25) is 4.79 Å². The number of nitrogens with zero attached hydrogens (tertiary/aromatic N) is 3. The number of benzene rings is 1. The van der Waals surface area contributed by atoms with Gasteiger partial charge in [0.05, 0.1) is 24.9 Å². The lowest BCUT2D eigenvalue weighted by molar-refractivity contribution is 0.0684. The molecule has 28 heavy (non-hydrogen) atoms. The Hall–Kier alpha value is -1.99. The van der Waals surface area contributed by atoms with E-state index in [1.807, 2.05) is 17.9 Å². The molecule has 0 radical (unpaired) electrons. The number of hydrogen-bond acceptors (Lipinski definition) is 5. The van der Waals surface area contributed by atoms with Crippen molar-refractivity contribution in [3.63, 3.8) is 0 Å². The van der Waals surface area contributed by atoms with Crippen molar-refractivity contribution >= 4 is 22.4 Å². The number of morpholine rings is 1. The van der Waals surface area contributed by atoms with Crippen molar-refractivity contribution in [2.75, 3.05) is 37.7 Å². The van der Waals surface area contributed by atoms with Crippen LogP contribution in [0.15, 0.2) is 24.3 Å². The number of amides is 1. The SMILES string of the molecule is Cc1nc(N2CCOCC2)sc1C(=O)N1CCCCCC1c1cccc(F)c1. The van der Waals surface area contributed by atoms with Crippen LogP contribution in [0.5, 0.6) is 0 Å². The summed E-state index contributed by atoms with van der Waals surface area (Å²) in [5, 5.41) is 0.890. The van der Waals surface area contributed by atoms with Gasteiger partial charge in [-0.1, -0.05) is 36.3 Å². The van der Waals surface area contributed by atoms with E-state index in [0.717, 1.165) is 55.2 Å². The Morgan fingerprint density at radius 2 is 2.04 bits per heavy atom. The molecular weight excluding hydrogens is 377 g/mol. The van der Waals surface area contributed by atoms with Gasteiger partial charge in [-0.15, -0.1) is 0 Å². The molecule has 2 aromatic rings. The fourth-order valence-electron chi connectivity index (χ4n) is 4.01. The van der Waals surface area contributed by atoms with Crippen LogP contribution in [0.2, 0.25) is 0 Å². The molecule has 2 fully saturated rings. The number of anilines is 1. The number of halogens is 1. The fourth-order valence-corrected chi connectivity index (χ4v) is 5.09. The van der Waals surface area contributed by atoms with Crippen molar-refractivity contribution < 1.29 is 13.9 Å². The Kier molecular flexibility index (Phi) is 5.92. The third-order valence-corrected chi connectivity index (χ3v) is 6.71. The van der Waals surface area contributed by atoms with Gasteiger partial charge in [0.2, 0.25) is 0 Å². The maximum Gasteiger partial charge on any atom is 0.266 e. The molecule has 1 aromatic carbocycles. The van der Waals surface area contributed by atoms with Gasteiger partial charge in [0.25, 0.3) is 5.91 Å². The smallest absolute Gasteiger partial charge is 0.266 e. The topological polar surface area (TPSA) is 45.7 Å². The number of thiazole rings is 1. The molecule has 0 aliphatic carbocycles. The van der Waals surface area contributed by atoms with Gasteiger partial charge in [0, 0.05) is 19.6 Å². The molecule has 2 saturated heterocycles. The van der Waals surface area contributed by atoms with Crippen molar-refractivity contribution in [1.82, 2.24) is 9.88 Å². The number of rotatable bonds is 3. The number of aryl methyl sites for hydroxylation is 1. The van der Waals surface area contributed by atoms with E-state index in [-0.39, 0.29) is 17.8 Å². The van der Waals surface area contributed by atoms with Crippen molar-refractivity contribution in [2.24, 2.45) is 0 Å². The number of likely N-dealkylation sites (tertiary alicyclic amines) is 1. The molecule has 7 heteroatoms. The van der Waals surface area contributed by atoms with Crippen LogP contribution in [0.4, 0.5) is 9.52 Å². The van der Waals surface area contributed by atoms with E-state index in [0.29, 0.717) is 24.6 Å². The average Bonchev–Trinajstić information content (AvgIpc) is 2.94. The van der Waals surface area contributed by atoms with E-state index in [4.69, 9.17) is 4.74 Å². The molecule has 4 rings (SSSR count). The van der Waals surface area contributed by atoms with E-state index >= 15 is 0 Å². The standard InChI is InChI=1S/C21H26FN3O2S/c1-15-19(28-21(23-15)24-10-12-27-13-11-24)20(26)25-9-4-2-3-8-18(25)16-6-5-7-17(22)14-16/h5-7,14,18H,2-4,8-13H2,1H3. The Bertz CT molecular complexity index is 835. The maximum absolute atomic E-state index is 13.8. The molecule has 1 atom stereocenters. The summed E-state index contributed by atoms with van der Waals surface area (Å²) in [6, 6.07) is 6.59. The number of hydrogen-bond donors (Lipinski definition) is 0. The van der Waals surface area contributed by atoms with Gasteiger partial charge in [-0.05, 0) is 37.5 Å². The molecule has 150 valence electrons. The molecule has 0 N–H and O–H groups in total. The zero-order valence-electron chi connectivity index (χ0n) is 16.2. The van der Waals surface area contributed by atoms with Crippen molar-refractivity contribution in [1.29, 1.82) is 0 Å². The first-order valence-electron chi connectivity index (χ1n) is 10.00. The lowest BCUT2D eigenvalue weighted by Crippen LogP contribution is -2.36. The molecule has 1 amide bonds. The summed E-state index contributed by atoms with van der Waals surface area (Å²) in [5.41, 5.74) is 1.66. The molecule has 5 nitrogen and oxygen atoms in total. The Labute approximate surface area is 169 Å². The highest BCUT2D eigenvalue weighted by Gasteiger charge is 2.31. The first-order chi connectivity index (χ1) is 13.6. The summed E-state index contributed by atoms with van der Waals surface area (Å²) in [6.07, 6.45) is 3.98. The molecule has 0 saturated carbocycles. The molecule has 2 aliphatic heterocycles. The largest absolute Gasteiger partial charge is 0.378 e. The average molecular weight is 404 g/mol. The maximum atomic E-state index is 13.8. The van der Waals surface area contributed by atoms with Crippen LogP contribution >= 0.6 is 11.3 Å². The van der Waals surface area contributed by atoms with Crippen molar-refractivity contribution in [2.45, 2.75) is 38.6 Å². The zero-order valence-corrected chi connectivity index (χ0v) is 17.0. The Balaban J connectivity index is 1.62. The summed E-state index contributed by atoms with van der Waals surface area (Å²) in [7, 11) is 0. The number of carbonyl (C=O) groups excluding carboxylic acids is 1. The normalized spacial score (nSPS) is 20.9. The molecule has 3 heterocycles. The predicted octanol–water partition coefficient (Wildman–Crippen LogP) is 4.18. The minimum Gasteiger partial charge on any atom is -0.378 e. The Morgan fingerprint density at radius 3 is 2.82 bits per heavy atom. The molecule has 2 aliphatic rings. The van der Waals surface area contributed by atoms with E-state index in [1.165, 1.54) is 17.4 Å². The molecule has 0 bridgehead atoms. The molecule has 1 unspecified atom stereocenters. The molecule has 0 spiro atoms. The number of aromatic nitrogens is 1. The predicted molar refractivity (Wildman–Crippen MR) is 109 cm³/mol. The highest BCUT2D eigenvalue weighted by atomic mass is 32.1. The van der Waals surface area contributed by atoms with E-state index < -0.39 is 0 Å². The van der Waals surface area contributed by atoms with Gasteiger partial charge in [-0.2, -0.15) is 0 Å². The summed E-state index contributed by atoms with van der Waals surface area (Å²) in [5.74, 6) is -0.233. The first-order valence-corrected chi connectivity index (χ1v) is 10.8. The first kappa shape index (κ1) is 19.3. The van der Waals surface area contributed by atoms with Gasteiger partial charge in [0.15, 0.2) is 5.13 Å². The summed E-state index contributed by atoms with van der Waals surface area (Å²) >= 11 is 1.47. The lowest BCUT2D eigenvalue weighted by atomic mass is 10.0. The third kappa shape index (κ3) is 4.05. The van der Waals surface area contributed by atoms with Gasteiger partial charge < -0.3 is 14.5 Å². The van der Waals surface area contributed by atoms with Crippen LogP contribution < -0.4 is 4.90 Å². The van der Waals surface area contributed by atoms with Crippen molar-refractivity contribution in [3.05, 3.63) is 46.2 Å². The summed E-state index contributed by atoms with van der Waals surface area (Å²) in [6.45, 7) is 5.59. The second-order valence-electron chi connectivity index (χ2n) is 7.43. The molecule has 1 aromatic heterocycles. The van der Waals surface area contributed by atoms with Crippen LogP contribution in [-0.2, 0) is 4.74 Å². The van der Waals surface area contributed by atoms with Gasteiger partial charge in [0.1, 0.15) is 10.7 Å². The number of carbonyl (C=O) groups is 1. The second kappa shape index (κ2) is 8.57. The fraction of sp³-hybridized carbons (Fsp3) is 0.524. The Morgan fingerprint density at radius 1 is 1.21 bits per heavy atom. The highest BCUT2D eigenvalue weighted by molar-refractivity contribution is 7.17. The third-order valence-electron chi connectivity index (χ3n) is 5.51. The minimum absolute atomic E-state index is 0.0191. The van der Waals surface area contributed by atoms with Crippen LogP contribution in [0, 0.1) is 12.7 Å². The van der Waals surface area contributed by atoms with Crippen LogP contribution in [-0.4, -0.2) is 48.6 Å². The van der Waals surface area contributed by atoms with Crippen LogP contribution in [0.25, 0.3) is 0 Å². The van der Waals surface area contributed by atoms with E-state index in [9.17, 15) is 9.18 Å². The van der Waals surface area contributed by atoms with E-state index in [1.54, 1.807) is 12.1 Å². The number of ether oxygens (including phenoxy) is 1. The van der Waals surface area contributed by atoms with Gasteiger partial charge in [-0.25, -0.2) is 9.37 Å².